The van der Waals surface area contributed by atoms with Crippen molar-refractivity contribution >= 4 is 17.1 Å². The van der Waals surface area contributed by atoms with Crippen LogP contribution in [0.1, 0.15) is 17.5 Å². The highest BCUT2D eigenvalue weighted by molar-refractivity contribution is 5.93. The minimum absolute atomic E-state index is 0.212. The Morgan fingerprint density at radius 3 is 3.04 bits per heavy atom. The van der Waals surface area contributed by atoms with E-state index < -0.39 is 0 Å². The first-order valence-electron chi connectivity index (χ1n) is 8.22. The predicted molar refractivity (Wildman–Crippen MR) is 90.8 cm³/mol. The van der Waals surface area contributed by atoms with Crippen molar-refractivity contribution in [1.82, 2.24) is 15.3 Å². The van der Waals surface area contributed by atoms with Crippen molar-refractivity contribution in [1.29, 1.82) is 0 Å². The SMILES string of the molecule is O=C1NC2(CCc3cc(-c4c[nH]c5ncccc45)ccc3C2)CO1. The number of aryl methyl sites for hydroxylation is 1. The molecule has 1 fully saturated rings. The Labute approximate surface area is 139 Å². The maximum absolute atomic E-state index is 11.4. The number of hydrogen-bond acceptors (Lipinski definition) is 3. The molecule has 120 valence electrons. The first kappa shape index (κ1) is 13.6. The van der Waals surface area contributed by atoms with Crippen LogP contribution in [-0.2, 0) is 17.6 Å². The van der Waals surface area contributed by atoms with Crippen LogP contribution in [0.4, 0.5) is 4.79 Å². The number of amides is 1. The number of H-pyrrole nitrogens is 1. The Hall–Kier alpha value is -2.82. The van der Waals surface area contributed by atoms with Crippen molar-refractivity contribution in [2.45, 2.75) is 24.8 Å². The van der Waals surface area contributed by atoms with E-state index in [1.165, 1.54) is 22.3 Å². The second-order valence-corrected chi connectivity index (χ2v) is 6.74. The molecule has 3 heterocycles. The van der Waals surface area contributed by atoms with Gasteiger partial charge in [-0.2, -0.15) is 0 Å². The molecule has 1 unspecified atom stereocenters. The second kappa shape index (κ2) is 4.84. The largest absolute Gasteiger partial charge is 0.447 e. The molecule has 0 saturated carbocycles. The zero-order valence-corrected chi connectivity index (χ0v) is 13.1. The van der Waals surface area contributed by atoms with E-state index in [0.717, 1.165) is 30.3 Å². The van der Waals surface area contributed by atoms with Crippen molar-refractivity contribution < 1.29 is 9.53 Å². The molecule has 1 saturated heterocycles. The summed E-state index contributed by atoms with van der Waals surface area (Å²) >= 11 is 0. The zero-order valence-electron chi connectivity index (χ0n) is 13.1. The van der Waals surface area contributed by atoms with Crippen LogP contribution in [0.15, 0.2) is 42.7 Å². The second-order valence-electron chi connectivity index (χ2n) is 6.74. The quantitative estimate of drug-likeness (QED) is 0.724. The van der Waals surface area contributed by atoms with Gasteiger partial charge in [0.1, 0.15) is 12.3 Å². The number of aromatic nitrogens is 2. The van der Waals surface area contributed by atoms with E-state index in [9.17, 15) is 4.79 Å². The van der Waals surface area contributed by atoms with Crippen molar-refractivity contribution in [2.24, 2.45) is 0 Å². The number of ether oxygens (including phenoxy) is 1. The molecule has 5 heteroatoms. The lowest BCUT2D eigenvalue weighted by molar-refractivity contribution is 0.170. The molecule has 0 bridgehead atoms. The summed E-state index contributed by atoms with van der Waals surface area (Å²) in [4.78, 5) is 19.0. The maximum atomic E-state index is 11.4. The highest BCUT2D eigenvalue weighted by atomic mass is 16.6. The van der Waals surface area contributed by atoms with Crippen LogP contribution in [0, 0.1) is 0 Å². The minimum atomic E-state index is -0.290. The third kappa shape index (κ3) is 2.01. The molecule has 1 amide bonds. The number of hydrogen-bond donors (Lipinski definition) is 2. The van der Waals surface area contributed by atoms with E-state index in [1.54, 1.807) is 6.20 Å². The Kier molecular flexibility index (Phi) is 2.74. The van der Waals surface area contributed by atoms with E-state index >= 15 is 0 Å². The number of benzene rings is 1. The number of fused-ring (bicyclic) bond motifs is 2. The molecular formula is C19H17N3O2. The highest BCUT2D eigenvalue weighted by Gasteiger charge is 2.41. The molecule has 5 nitrogen and oxygen atoms in total. The van der Waals surface area contributed by atoms with Gasteiger partial charge in [-0.05, 0) is 48.1 Å². The van der Waals surface area contributed by atoms with E-state index in [4.69, 9.17) is 4.74 Å². The number of rotatable bonds is 1. The summed E-state index contributed by atoms with van der Waals surface area (Å²) in [6.45, 7) is 0.473. The van der Waals surface area contributed by atoms with Crippen molar-refractivity contribution in [2.75, 3.05) is 6.61 Å². The van der Waals surface area contributed by atoms with Crippen LogP contribution in [0.3, 0.4) is 0 Å². The first-order valence-corrected chi connectivity index (χ1v) is 8.22. The summed E-state index contributed by atoms with van der Waals surface area (Å²) in [6, 6.07) is 10.7. The fourth-order valence-corrected chi connectivity index (χ4v) is 3.94. The summed E-state index contributed by atoms with van der Waals surface area (Å²) in [5.74, 6) is 0. The average Bonchev–Trinajstić information content (AvgIpc) is 3.19. The Balaban J connectivity index is 1.52. The van der Waals surface area contributed by atoms with E-state index in [1.807, 2.05) is 12.3 Å². The monoisotopic (exact) mass is 319 g/mol. The highest BCUT2D eigenvalue weighted by Crippen LogP contribution is 2.35. The number of nitrogens with zero attached hydrogens (tertiary/aromatic N) is 1. The molecule has 3 aromatic rings. The van der Waals surface area contributed by atoms with Gasteiger partial charge in [0.15, 0.2) is 0 Å². The zero-order chi connectivity index (χ0) is 16.1. The van der Waals surface area contributed by atoms with Crippen molar-refractivity contribution in [3.63, 3.8) is 0 Å². The van der Waals surface area contributed by atoms with Gasteiger partial charge in [-0.3, -0.25) is 0 Å². The molecule has 2 aliphatic rings. The van der Waals surface area contributed by atoms with Crippen molar-refractivity contribution in [3.05, 3.63) is 53.9 Å². The summed E-state index contributed by atoms with van der Waals surface area (Å²) in [6.07, 6.45) is 6.24. The molecule has 1 aliphatic carbocycles. The van der Waals surface area contributed by atoms with E-state index in [2.05, 4.69) is 39.6 Å². The van der Waals surface area contributed by atoms with Crippen LogP contribution >= 0.6 is 0 Å². The fraction of sp³-hybridized carbons (Fsp3) is 0.263. The molecule has 2 aromatic heterocycles. The number of carbonyl (C=O) groups excluding carboxylic acids is 1. The Morgan fingerprint density at radius 2 is 2.17 bits per heavy atom. The van der Waals surface area contributed by atoms with Gasteiger partial charge in [-0.25, -0.2) is 9.78 Å². The van der Waals surface area contributed by atoms with E-state index in [0.29, 0.717) is 6.61 Å². The van der Waals surface area contributed by atoms with Gasteiger partial charge in [0.2, 0.25) is 0 Å². The van der Waals surface area contributed by atoms with Crippen LogP contribution < -0.4 is 5.32 Å². The summed E-state index contributed by atoms with van der Waals surface area (Å²) in [5.41, 5.74) is 5.74. The van der Waals surface area contributed by atoms with Crippen LogP contribution in [0.2, 0.25) is 0 Å². The molecule has 1 aromatic carbocycles. The summed E-state index contributed by atoms with van der Waals surface area (Å²) in [5, 5.41) is 4.14. The third-order valence-corrected chi connectivity index (χ3v) is 5.22. The Bertz CT molecular complexity index is 962. The molecule has 0 radical (unpaired) electrons. The number of cyclic esters (lactones) is 1. The normalized spacial score (nSPS) is 22.4. The first-order chi connectivity index (χ1) is 11.7. The average molecular weight is 319 g/mol. The molecular weight excluding hydrogens is 302 g/mol. The van der Waals surface area contributed by atoms with E-state index in [-0.39, 0.29) is 11.6 Å². The van der Waals surface area contributed by atoms with Gasteiger partial charge in [0, 0.05) is 23.3 Å². The molecule has 24 heavy (non-hydrogen) atoms. The number of nitrogens with one attached hydrogen (secondary N) is 2. The molecule has 1 spiro atoms. The van der Waals surface area contributed by atoms with Crippen LogP contribution in [0.25, 0.3) is 22.2 Å². The van der Waals surface area contributed by atoms with Gasteiger partial charge in [0.25, 0.3) is 0 Å². The van der Waals surface area contributed by atoms with Gasteiger partial charge < -0.3 is 15.0 Å². The molecule has 1 atom stereocenters. The molecule has 2 N–H and O–H groups in total. The summed E-state index contributed by atoms with van der Waals surface area (Å²) < 4.78 is 5.13. The number of aromatic amines is 1. The van der Waals surface area contributed by atoms with Crippen molar-refractivity contribution in [3.8, 4) is 11.1 Å². The molecule has 5 rings (SSSR count). The summed E-state index contributed by atoms with van der Waals surface area (Å²) in [7, 11) is 0. The number of carbonyl (C=O) groups is 1. The van der Waals surface area contributed by atoms with Crippen LogP contribution in [-0.4, -0.2) is 28.2 Å². The van der Waals surface area contributed by atoms with Gasteiger partial charge in [-0.15, -0.1) is 0 Å². The number of pyridine rings is 1. The lowest BCUT2D eigenvalue weighted by Gasteiger charge is -2.32. The van der Waals surface area contributed by atoms with Gasteiger partial charge in [-0.1, -0.05) is 18.2 Å². The van der Waals surface area contributed by atoms with Gasteiger partial charge in [0.05, 0.1) is 5.54 Å². The maximum Gasteiger partial charge on any atom is 0.407 e. The predicted octanol–water partition coefficient (Wildman–Crippen LogP) is 3.20. The Morgan fingerprint density at radius 1 is 1.21 bits per heavy atom. The third-order valence-electron chi connectivity index (χ3n) is 5.22. The lowest BCUT2D eigenvalue weighted by atomic mass is 9.78. The topological polar surface area (TPSA) is 67.0 Å². The standard InChI is InChI=1S/C19H17N3O2/c23-18-22-19(11-24-18)6-5-12-8-13(3-4-14(12)9-19)16-10-21-17-15(16)2-1-7-20-17/h1-4,7-8,10H,5-6,9,11H2,(H,20,21)(H,22,23). The van der Waals surface area contributed by atoms with Crippen LogP contribution in [0.5, 0.6) is 0 Å². The van der Waals surface area contributed by atoms with Gasteiger partial charge >= 0.3 is 6.09 Å². The molecule has 1 aliphatic heterocycles. The smallest absolute Gasteiger partial charge is 0.407 e. The lowest BCUT2D eigenvalue weighted by Crippen LogP contribution is -2.48. The number of alkyl carbamates (subject to hydrolysis) is 1. The minimum Gasteiger partial charge on any atom is -0.447 e. The fourth-order valence-electron chi connectivity index (χ4n) is 3.94.